The van der Waals surface area contributed by atoms with Crippen LogP contribution in [0.5, 0.6) is 11.6 Å². The number of carbonyl (C=O) groups excluding carboxylic acids is 1. The molecule has 0 aliphatic carbocycles. The van der Waals surface area contributed by atoms with Crippen LogP contribution in [0, 0.1) is 0 Å². The van der Waals surface area contributed by atoms with Gasteiger partial charge in [0.2, 0.25) is 5.88 Å². The molecule has 31 heavy (non-hydrogen) atoms. The van der Waals surface area contributed by atoms with Crippen LogP contribution in [0.2, 0.25) is 0 Å². The molecule has 5 rings (SSSR count). The van der Waals surface area contributed by atoms with Gasteiger partial charge in [-0.3, -0.25) is 9.78 Å². The average molecular weight is 408 g/mol. The van der Waals surface area contributed by atoms with E-state index >= 15 is 0 Å². The lowest BCUT2D eigenvalue weighted by atomic mass is 10.1. The van der Waals surface area contributed by atoms with Gasteiger partial charge in [0.15, 0.2) is 0 Å². The molecule has 0 radical (unpaired) electrons. The number of nitrogens with one attached hydrogen (secondary N) is 2. The van der Waals surface area contributed by atoms with Crippen LogP contribution in [-0.4, -0.2) is 27.4 Å². The van der Waals surface area contributed by atoms with Crippen molar-refractivity contribution in [3.63, 3.8) is 0 Å². The molecule has 0 fully saturated rings. The molecule has 3 aromatic heterocycles. The van der Waals surface area contributed by atoms with Gasteiger partial charge in [-0.05, 0) is 48.0 Å². The summed E-state index contributed by atoms with van der Waals surface area (Å²) in [6.07, 6.45) is 8.24. The Morgan fingerprint density at radius 1 is 0.968 bits per heavy atom. The zero-order valence-corrected chi connectivity index (χ0v) is 16.7. The SMILES string of the molecule is O=C1NCCc2[nH]c(-c3ccnc(C=Cc4ccc(Oc5ccccc5)nc4)c3)cc21. The third kappa shape index (κ3) is 4.23. The van der Waals surface area contributed by atoms with Gasteiger partial charge >= 0.3 is 0 Å². The van der Waals surface area contributed by atoms with Crippen LogP contribution in [0.15, 0.2) is 73.1 Å². The van der Waals surface area contributed by atoms with E-state index in [0.717, 1.165) is 45.9 Å². The second kappa shape index (κ2) is 8.28. The van der Waals surface area contributed by atoms with Gasteiger partial charge < -0.3 is 15.0 Å². The van der Waals surface area contributed by atoms with Gasteiger partial charge in [0, 0.05) is 48.4 Å². The van der Waals surface area contributed by atoms with Gasteiger partial charge in [0.25, 0.3) is 5.91 Å². The molecule has 1 aliphatic heterocycles. The molecule has 0 spiro atoms. The lowest BCUT2D eigenvalue weighted by molar-refractivity contribution is 0.0946. The number of nitrogens with zero attached hydrogens (tertiary/aromatic N) is 2. The van der Waals surface area contributed by atoms with E-state index in [4.69, 9.17) is 4.74 Å². The maximum atomic E-state index is 12.0. The predicted octanol–water partition coefficient (Wildman–Crippen LogP) is 4.72. The van der Waals surface area contributed by atoms with Crippen molar-refractivity contribution < 1.29 is 9.53 Å². The van der Waals surface area contributed by atoms with Crippen LogP contribution < -0.4 is 10.1 Å². The summed E-state index contributed by atoms with van der Waals surface area (Å²) in [6.45, 7) is 0.666. The van der Waals surface area contributed by atoms with Crippen molar-refractivity contribution in [2.75, 3.05) is 6.54 Å². The third-order valence-electron chi connectivity index (χ3n) is 5.07. The summed E-state index contributed by atoms with van der Waals surface area (Å²) >= 11 is 0. The lowest BCUT2D eigenvalue weighted by Crippen LogP contribution is -2.31. The minimum absolute atomic E-state index is 0.0230. The smallest absolute Gasteiger partial charge is 0.253 e. The monoisotopic (exact) mass is 408 g/mol. The zero-order chi connectivity index (χ0) is 21.0. The molecule has 4 aromatic rings. The number of para-hydroxylation sites is 1. The van der Waals surface area contributed by atoms with Gasteiger partial charge in [-0.2, -0.15) is 0 Å². The fraction of sp³-hybridized carbons (Fsp3) is 0.0800. The first kappa shape index (κ1) is 18.8. The van der Waals surface area contributed by atoms with Crippen LogP contribution in [0.3, 0.4) is 0 Å². The second-order valence-electron chi connectivity index (χ2n) is 7.23. The average Bonchev–Trinajstić information content (AvgIpc) is 3.26. The van der Waals surface area contributed by atoms with Crippen molar-refractivity contribution in [2.45, 2.75) is 6.42 Å². The van der Waals surface area contributed by atoms with E-state index in [-0.39, 0.29) is 5.91 Å². The lowest BCUT2D eigenvalue weighted by Gasteiger charge is -2.10. The Bertz CT molecular complexity index is 1240. The highest BCUT2D eigenvalue weighted by atomic mass is 16.5. The second-order valence-corrected chi connectivity index (χ2v) is 7.23. The molecule has 0 bridgehead atoms. The fourth-order valence-electron chi connectivity index (χ4n) is 3.50. The summed E-state index contributed by atoms with van der Waals surface area (Å²) in [5, 5.41) is 2.87. The molecule has 2 N–H and O–H groups in total. The van der Waals surface area contributed by atoms with Crippen molar-refractivity contribution in [2.24, 2.45) is 0 Å². The summed E-state index contributed by atoms with van der Waals surface area (Å²) < 4.78 is 5.72. The Labute approximate surface area is 179 Å². The number of H-pyrrole nitrogens is 1. The van der Waals surface area contributed by atoms with E-state index < -0.39 is 0 Å². The molecule has 1 aromatic carbocycles. The summed E-state index contributed by atoms with van der Waals surface area (Å²) in [7, 11) is 0. The molecule has 1 aliphatic rings. The first-order valence-electron chi connectivity index (χ1n) is 10.1. The number of carbonyl (C=O) groups is 1. The molecular formula is C25H20N4O2. The Morgan fingerprint density at radius 2 is 1.87 bits per heavy atom. The van der Waals surface area contributed by atoms with E-state index in [1.54, 1.807) is 12.4 Å². The number of amides is 1. The molecule has 4 heterocycles. The molecule has 0 atom stereocenters. The Hall–Kier alpha value is -4.19. The van der Waals surface area contributed by atoms with Gasteiger partial charge in [0.05, 0.1) is 11.3 Å². The van der Waals surface area contributed by atoms with Crippen LogP contribution in [-0.2, 0) is 6.42 Å². The number of rotatable bonds is 5. The molecule has 6 nitrogen and oxygen atoms in total. The number of ether oxygens (including phenoxy) is 1. The van der Waals surface area contributed by atoms with Crippen molar-refractivity contribution in [1.29, 1.82) is 0 Å². The molecule has 0 unspecified atom stereocenters. The maximum absolute atomic E-state index is 12.0. The number of aromatic nitrogens is 3. The summed E-state index contributed by atoms with van der Waals surface area (Å²) in [5.74, 6) is 1.27. The highest BCUT2D eigenvalue weighted by molar-refractivity contribution is 5.97. The van der Waals surface area contributed by atoms with Gasteiger partial charge in [0.1, 0.15) is 5.75 Å². The van der Waals surface area contributed by atoms with Crippen molar-refractivity contribution in [3.05, 3.63) is 95.6 Å². The number of hydrogen-bond acceptors (Lipinski definition) is 4. The van der Waals surface area contributed by atoms with Crippen molar-refractivity contribution in [3.8, 4) is 22.9 Å². The van der Waals surface area contributed by atoms with Crippen LogP contribution in [0.1, 0.15) is 27.3 Å². The van der Waals surface area contributed by atoms with Crippen molar-refractivity contribution >= 4 is 18.1 Å². The zero-order valence-electron chi connectivity index (χ0n) is 16.7. The van der Waals surface area contributed by atoms with Crippen LogP contribution in [0.25, 0.3) is 23.4 Å². The largest absolute Gasteiger partial charge is 0.439 e. The summed E-state index contributed by atoms with van der Waals surface area (Å²) in [4.78, 5) is 24.2. The first-order chi connectivity index (χ1) is 15.2. The maximum Gasteiger partial charge on any atom is 0.253 e. The standard InChI is InChI=1S/C25H20N4O2/c30-25-21-15-23(29-22(21)11-13-27-25)18-10-12-26-19(14-18)8-6-17-7-9-24(28-16-17)31-20-4-2-1-3-5-20/h1-10,12,14-16,29H,11,13H2,(H,27,30). The van der Waals surface area contributed by atoms with Gasteiger partial charge in [-0.15, -0.1) is 0 Å². The Kier molecular flexibility index (Phi) is 5.02. The van der Waals surface area contributed by atoms with E-state index in [1.165, 1.54) is 0 Å². The quantitative estimate of drug-likeness (QED) is 0.501. The summed E-state index contributed by atoms with van der Waals surface area (Å²) in [5.41, 5.74) is 5.37. The van der Waals surface area contributed by atoms with Gasteiger partial charge in [-0.25, -0.2) is 4.98 Å². The Morgan fingerprint density at radius 3 is 2.68 bits per heavy atom. The predicted molar refractivity (Wildman–Crippen MR) is 120 cm³/mol. The van der Waals surface area contributed by atoms with Crippen molar-refractivity contribution in [1.82, 2.24) is 20.3 Å². The highest BCUT2D eigenvalue weighted by Gasteiger charge is 2.19. The normalized spacial score (nSPS) is 13.1. The van der Waals surface area contributed by atoms with Crippen LogP contribution in [0.4, 0.5) is 0 Å². The molecule has 152 valence electrons. The highest BCUT2D eigenvalue weighted by Crippen LogP contribution is 2.25. The number of benzene rings is 1. The van der Waals surface area contributed by atoms with E-state index in [2.05, 4.69) is 20.3 Å². The fourth-order valence-corrected chi connectivity index (χ4v) is 3.50. The summed E-state index contributed by atoms with van der Waals surface area (Å²) in [6, 6.07) is 19.2. The van der Waals surface area contributed by atoms with E-state index in [1.807, 2.05) is 72.8 Å². The number of fused-ring (bicyclic) bond motifs is 1. The topological polar surface area (TPSA) is 79.9 Å². The van der Waals surface area contributed by atoms with E-state index in [0.29, 0.717) is 12.4 Å². The molecule has 6 heteroatoms. The van der Waals surface area contributed by atoms with Gasteiger partial charge in [-0.1, -0.05) is 24.3 Å². The molecular weight excluding hydrogens is 388 g/mol. The number of aromatic amines is 1. The van der Waals surface area contributed by atoms with Crippen LogP contribution >= 0.6 is 0 Å². The number of pyridine rings is 2. The molecule has 1 amide bonds. The molecule has 0 saturated heterocycles. The first-order valence-corrected chi connectivity index (χ1v) is 10.1. The minimum atomic E-state index is -0.0230. The minimum Gasteiger partial charge on any atom is -0.439 e. The molecule has 0 saturated carbocycles. The van der Waals surface area contributed by atoms with E-state index in [9.17, 15) is 4.79 Å². The number of hydrogen-bond donors (Lipinski definition) is 2. The Balaban J connectivity index is 1.31. The third-order valence-corrected chi connectivity index (χ3v) is 5.07.